The van der Waals surface area contributed by atoms with Crippen molar-refractivity contribution in [2.24, 2.45) is 0 Å². The van der Waals surface area contributed by atoms with Gasteiger partial charge in [0.15, 0.2) is 23.0 Å². The van der Waals surface area contributed by atoms with E-state index in [0.29, 0.717) is 12.1 Å². The van der Waals surface area contributed by atoms with Crippen LogP contribution in [0.1, 0.15) is 22.3 Å². The first kappa shape index (κ1) is 40.3. The van der Waals surface area contributed by atoms with Crippen LogP contribution in [0.2, 0.25) is 0 Å². The molecule has 2 heterocycles. The third kappa shape index (κ3) is 6.79. The van der Waals surface area contributed by atoms with Crippen LogP contribution in [0.4, 0.5) is 86.8 Å². The number of ether oxygens (including phenoxy) is 2. The molecule has 0 amide bonds. The van der Waals surface area contributed by atoms with Gasteiger partial charge in [-0.15, -0.1) is 0 Å². The van der Waals surface area contributed by atoms with Gasteiger partial charge in [-0.2, -0.15) is 52.7 Å². The van der Waals surface area contributed by atoms with Crippen LogP contribution >= 0.6 is 0 Å². The third-order valence-corrected chi connectivity index (χ3v) is 10.3. The van der Waals surface area contributed by atoms with E-state index in [9.17, 15) is 26.3 Å². The Labute approximate surface area is 343 Å². The molecular weight excluding hydrogens is 840 g/mol. The highest BCUT2D eigenvalue weighted by Crippen LogP contribution is 2.65. The highest BCUT2D eigenvalue weighted by Gasteiger charge is 2.51. The Kier molecular flexibility index (Phi) is 9.26. The zero-order valence-electron chi connectivity index (χ0n) is 31.1. The number of anilines is 6. The fourth-order valence-corrected chi connectivity index (χ4v) is 7.88. The fraction of sp³-hybridized carbons (Fsp3) is 0.0870. The highest BCUT2D eigenvalue weighted by atomic mass is 19.4. The molecule has 0 unspecified atom stereocenters. The Hall–Kier alpha value is -7.10. The number of halogens is 12. The van der Waals surface area contributed by atoms with Gasteiger partial charge in [0.2, 0.25) is 0 Å². The average Bonchev–Trinajstić information content (AvgIpc) is 3.22. The summed E-state index contributed by atoms with van der Waals surface area (Å²) in [4.78, 5) is 1.67. The molecular formula is C46H24F12N2O2. The van der Waals surface area contributed by atoms with Crippen molar-refractivity contribution in [2.45, 2.75) is 24.7 Å². The minimum absolute atomic E-state index is 0.131. The summed E-state index contributed by atoms with van der Waals surface area (Å²) >= 11 is 0. The predicted molar refractivity (Wildman–Crippen MR) is 207 cm³/mol. The first-order valence-electron chi connectivity index (χ1n) is 18.4. The number of rotatable bonds is 4. The van der Waals surface area contributed by atoms with Crippen molar-refractivity contribution >= 4 is 34.1 Å². The zero-order chi connectivity index (χ0) is 43.9. The molecule has 0 saturated heterocycles. The zero-order valence-corrected chi connectivity index (χ0v) is 31.1. The Morgan fingerprint density at radius 2 is 0.629 bits per heavy atom. The van der Waals surface area contributed by atoms with Crippen molar-refractivity contribution in [3.63, 3.8) is 0 Å². The quantitative estimate of drug-likeness (QED) is 0.165. The molecule has 0 aliphatic carbocycles. The summed E-state index contributed by atoms with van der Waals surface area (Å²) in [6, 6.07) is 26.4. The summed E-state index contributed by atoms with van der Waals surface area (Å²) in [5, 5.41) is 0. The Bertz CT molecular complexity index is 2630. The van der Waals surface area contributed by atoms with Gasteiger partial charge in [-0.1, -0.05) is 72.8 Å². The van der Waals surface area contributed by atoms with Crippen molar-refractivity contribution in [3.05, 3.63) is 168 Å². The van der Waals surface area contributed by atoms with Crippen LogP contribution < -0.4 is 19.3 Å². The summed E-state index contributed by atoms with van der Waals surface area (Å²) < 4.78 is 200. The second kappa shape index (κ2) is 14.2. The van der Waals surface area contributed by atoms with Crippen molar-refractivity contribution in [1.82, 2.24) is 0 Å². The molecule has 0 bridgehead atoms. The van der Waals surface area contributed by atoms with Gasteiger partial charge in [0, 0.05) is 11.1 Å². The van der Waals surface area contributed by atoms with E-state index in [2.05, 4.69) is 0 Å². The summed E-state index contributed by atoms with van der Waals surface area (Å²) in [6.07, 6.45) is -21.9. The number of nitrogens with zero attached hydrogens (tertiary/aromatic N) is 2. The molecule has 7 aromatic rings. The summed E-state index contributed by atoms with van der Waals surface area (Å²) in [6.45, 7) is 0. The number of fused-ring (bicyclic) bond motifs is 4. The SMILES string of the molecule is FC(F)(F)c1cccc(-c2c(N3c4ccccc4Oc4ccccc43)c(C(F)(F)F)c(N3c4ccccc4Oc4ccccc43)c(-c3cccc(C(F)(F)F)c3)c2C(F)(F)F)c1. The van der Waals surface area contributed by atoms with Crippen molar-refractivity contribution in [3.8, 4) is 45.3 Å². The van der Waals surface area contributed by atoms with E-state index >= 15 is 26.3 Å². The maximum Gasteiger partial charge on any atom is 0.420 e. The standard InChI is InChI=1S/C46H24F12N2O2/c47-43(48,49)27-13-9-11-25(23-27)37-39(45(53,54)55)38(26-12-10-14-28(24-26)44(50,51)52)42(60-31-17-3-7-21-35(31)62-36-22-8-4-18-32(36)60)40(46(56,57)58)41(37)59-29-15-1-5-19-33(29)61-34-20-6-2-16-30(34)59/h1-24H. The van der Waals surface area contributed by atoms with Crippen LogP contribution in [0.5, 0.6) is 23.0 Å². The molecule has 0 fully saturated rings. The molecule has 9 rings (SSSR count). The van der Waals surface area contributed by atoms with E-state index in [1.54, 1.807) is 0 Å². The molecule has 0 N–H and O–H groups in total. The second-order valence-electron chi connectivity index (χ2n) is 14.1. The molecule has 2 aliphatic rings. The average molecular weight is 865 g/mol. The normalized spacial score (nSPS) is 13.7. The van der Waals surface area contributed by atoms with Crippen LogP contribution in [-0.2, 0) is 24.7 Å². The number of hydrogen-bond acceptors (Lipinski definition) is 4. The van der Waals surface area contributed by atoms with E-state index in [1.807, 2.05) is 0 Å². The molecule has 0 radical (unpaired) electrons. The lowest BCUT2D eigenvalue weighted by Gasteiger charge is -2.41. The smallest absolute Gasteiger partial charge is 0.420 e. The maximum absolute atomic E-state index is 16.9. The van der Waals surface area contributed by atoms with Crippen LogP contribution in [-0.4, -0.2) is 0 Å². The van der Waals surface area contributed by atoms with Gasteiger partial charge >= 0.3 is 24.7 Å². The first-order valence-corrected chi connectivity index (χ1v) is 18.4. The summed E-state index contributed by atoms with van der Waals surface area (Å²) in [5.41, 5.74) is -15.1. The van der Waals surface area contributed by atoms with Gasteiger partial charge in [0.05, 0.1) is 50.8 Å². The third-order valence-electron chi connectivity index (χ3n) is 10.3. The molecule has 16 heteroatoms. The maximum atomic E-state index is 16.9. The van der Waals surface area contributed by atoms with Crippen LogP contribution in [0, 0.1) is 0 Å². The number of para-hydroxylation sites is 8. The Balaban J connectivity index is 1.61. The topological polar surface area (TPSA) is 24.9 Å². The van der Waals surface area contributed by atoms with Gasteiger partial charge in [0.25, 0.3) is 0 Å². The minimum atomic E-state index is -5.79. The van der Waals surface area contributed by atoms with Gasteiger partial charge in [0.1, 0.15) is 5.56 Å². The Morgan fingerprint density at radius 1 is 0.323 bits per heavy atom. The molecule has 314 valence electrons. The lowest BCUT2D eigenvalue weighted by molar-refractivity contribution is -0.139. The molecule has 2 aliphatic heterocycles. The number of benzene rings is 7. The molecule has 7 aromatic carbocycles. The van der Waals surface area contributed by atoms with Gasteiger partial charge in [-0.25, -0.2) is 0 Å². The van der Waals surface area contributed by atoms with Gasteiger partial charge in [-0.05, 0) is 83.9 Å². The first-order chi connectivity index (χ1) is 29.3. The molecule has 0 spiro atoms. The van der Waals surface area contributed by atoms with Crippen molar-refractivity contribution in [1.29, 1.82) is 0 Å². The van der Waals surface area contributed by atoms with Crippen molar-refractivity contribution < 1.29 is 62.2 Å². The molecule has 4 nitrogen and oxygen atoms in total. The summed E-state index contributed by atoms with van der Waals surface area (Å²) in [7, 11) is 0. The summed E-state index contributed by atoms with van der Waals surface area (Å²) in [5.74, 6) is -0.524. The molecule has 0 atom stereocenters. The van der Waals surface area contributed by atoms with Gasteiger partial charge in [-0.3, -0.25) is 0 Å². The van der Waals surface area contributed by atoms with E-state index in [0.717, 1.165) is 34.1 Å². The van der Waals surface area contributed by atoms with E-state index in [4.69, 9.17) is 9.47 Å². The van der Waals surface area contributed by atoms with Crippen LogP contribution in [0.3, 0.4) is 0 Å². The van der Waals surface area contributed by atoms with Crippen molar-refractivity contribution in [2.75, 3.05) is 9.80 Å². The van der Waals surface area contributed by atoms with E-state index in [-0.39, 0.29) is 57.9 Å². The monoisotopic (exact) mass is 864 g/mol. The van der Waals surface area contributed by atoms with Crippen LogP contribution in [0.15, 0.2) is 146 Å². The number of alkyl halides is 12. The van der Waals surface area contributed by atoms with E-state index in [1.165, 1.54) is 97.1 Å². The Morgan fingerprint density at radius 3 is 0.919 bits per heavy atom. The van der Waals surface area contributed by atoms with Crippen LogP contribution in [0.25, 0.3) is 22.3 Å². The highest BCUT2D eigenvalue weighted by molar-refractivity contribution is 6.07. The predicted octanol–water partition coefficient (Wildman–Crippen LogP) is 16.2. The minimum Gasteiger partial charge on any atom is -0.453 e. The number of hydrogen-bond donors (Lipinski definition) is 0. The second-order valence-corrected chi connectivity index (χ2v) is 14.1. The lowest BCUT2D eigenvalue weighted by atomic mass is 9.82. The molecule has 62 heavy (non-hydrogen) atoms. The molecule has 0 aromatic heterocycles. The largest absolute Gasteiger partial charge is 0.453 e. The van der Waals surface area contributed by atoms with E-state index < -0.39 is 80.6 Å². The fourth-order valence-electron chi connectivity index (χ4n) is 7.88. The lowest BCUT2D eigenvalue weighted by Crippen LogP contribution is -2.28. The van der Waals surface area contributed by atoms with Gasteiger partial charge < -0.3 is 19.3 Å². The molecule has 0 saturated carbocycles.